The standard InChI is InChI=1S/C10H18N4O2.C2H6.CHN/c1-3-4-7(6-16-2)14-5-8(10(12)15)9(11)13-14;2*1-2/h5,7H,3-4,6H2,1-2H3,(H2,11,13)(H2,12,15);1-2H3;1H. The monoisotopic (exact) mass is 283 g/mol. The maximum atomic E-state index is 11.0. The van der Waals surface area contributed by atoms with Gasteiger partial charge in [0.1, 0.15) is 5.56 Å². The van der Waals surface area contributed by atoms with Gasteiger partial charge in [-0.15, -0.1) is 0 Å². The van der Waals surface area contributed by atoms with Crippen molar-refractivity contribution in [2.45, 2.75) is 39.7 Å². The minimum atomic E-state index is -0.559. The first-order chi connectivity index (χ1) is 9.60. The summed E-state index contributed by atoms with van der Waals surface area (Å²) in [6.07, 6.45) is 3.49. The van der Waals surface area contributed by atoms with Crippen LogP contribution in [0.25, 0.3) is 0 Å². The molecule has 7 nitrogen and oxygen atoms in total. The molecule has 0 radical (unpaired) electrons. The number of carbonyl (C=O) groups excluding carboxylic acids is 1. The second-order valence-electron chi connectivity index (χ2n) is 3.67. The third kappa shape index (κ3) is 6.20. The quantitative estimate of drug-likeness (QED) is 0.823. The van der Waals surface area contributed by atoms with Crippen molar-refractivity contribution in [1.82, 2.24) is 9.78 Å². The molecule has 7 heteroatoms. The van der Waals surface area contributed by atoms with Crippen molar-refractivity contribution in [2.75, 3.05) is 19.5 Å². The Balaban J connectivity index is 0. The van der Waals surface area contributed by atoms with Crippen LogP contribution < -0.4 is 11.5 Å². The molecule has 0 saturated heterocycles. The first-order valence-electron chi connectivity index (χ1n) is 6.49. The molecule has 20 heavy (non-hydrogen) atoms. The summed E-state index contributed by atoms with van der Waals surface area (Å²) >= 11 is 0. The minimum absolute atomic E-state index is 0.0883. The molecular formula is C13H25N5O2. The van der Waals surface area contributed by atoms with Gasteiger partial charge in [-0.25, -0.2) is 5.26 Å². The zero-order valence-electron chi connectivity index (χ0n) is 12.7. The van der Waals surface area contributed by atoms with Crippen LogP contribution in [0.15, 0.2) is 6.20 Å². The van der Waals surface area contributed by atoms with E-state index in [4.69, 9.17) is 21.5 Å². The minimum Gasteiger partial charge on any atom is -0.382 e. The molecule has 0 aliphatic rings. The van der Waals surface area contributed by atoms with Crippen molar-refractivity contribution in [1.29, 1.82) is 5.26 Å². The SMILES string of the molecule is C#N.CC.CCCC(COC)n1cc(C(N)=O)c(N)n1. The smallest absolute Gasteiger partial charge is 0.254 e. The van der Waals surface area contributed by atoms with Gasteiger partial charge >= 0.3 is 0 Å². The van der Waals surface area contributed by atoms with Gasteiger partial charge in [0.05, 0.1) is 12.6 Å². The lowest BCUT2D eigenvalue weighted by atomic mass is 10.2. The maximum Gasteiger partial charge on any atom is 0.254 e. The molecular weight excluding hydrogens is 258 g/mol. The molecule has 114 valence electrons. The van der Waals surface area contributed by atoms with Gasteiger partial charge in [-0.2, -0.15) is 5.10 Å². The van der Waals surface area contributed by atoms with E-state index in [0.717, 1.165) is 12.8 Å². The van der Waals surface area contributed by atoms with Gasteiger partial charge in [0, 0.05) is 19.9 Å². The number of nitrogen functional groups attached to an aromatic ring is 1. The number of primary amides is 1. The van der Waals surface area contributed by atoms with Crippen LogP contribution in [-0.4, -0.2) is 29.4 Å². The van der Waals surface area contributed by atoms with E-state index in [1.165, 1.54) is 0 Å². The van der Waals surface area contributed by atoms with Crippen molar-refractivity contribution in [3.8, 4) is 6.57 Å². The van der Waals surface area contributed by atoms with Gasteiger partial charge in [0.15, 0.2) is 5.82 Å². The lowest BCUT2D eigenvalue weighted by Gasteiger charge is -2.15. The van der Waals surface area contributed by atoms with Crippen LogP contribution >= 0.6 is 0 Å². The average Bonchev–Trinajstić information content (AvgIpc) is 2.85. The Bertz CT molecular complexity index is 395. The Kier molecular flexibility index (Phi) is 12.1. The number of nitrogens with zero attached hydrogens (tertiary/aromatic N) is 3. The van der Waals surface area contributed by atoms with Crippen LogP contribution in [-0.2, 0) is 4.74 Å². The number of nitrogens with two attached hydrogens (primary N) is 2. The summed E-state index contributed by atoms with van der Waals surface area (Å²) in [5.41, 5.74) is 11.0. The summed E-state index contributed by atoms with van der Waals surface area (Å²) in [6.45, 7) is 10.1. The second kappa shape index (κ2) is 12.0. The lowest BCUT2D eigenvalue weighted by Crippen LogP contribution is -2.15. The fourth-order valence-corrected chi connectivity index (χ4v) is 1.60. The Morgan fingerprint density at radius 2 is 2.10 bits per heavy atom. The van der Waals surface area contributed by atoms with E-state index in [9.17, 15) is 4.79 Å². The zero-order chi connectivity index (χ0) is 16.1. The Morgan fingerprint density at radius 3 is 2.45 bits per heavy atom. The van der Waals surface area contributed by atoms with E-state index < -0.39 is 5.91 Å². The predicted molar refractivity (Wildman–Crippen MR) is 79.0 cm³/mol. The maximum absolute atomic E-state index is 11.0. The first-order valence-corrected chi connectivity index (χ1v) is 6.49. The van der Waals surface area contributed by atoms with Crippen LogP contribution in [0, 0.1) is 11.8 Å². The predicted octanol–water partition coefficient (Wildman–Crippen LogP) is 1.72. The molecule has 0 aliphatic heterocycles. The molecule has 0 fully saturated rings. The third-order valence-electron chi connectivity index (χ3n) is 2.38. The number of carbonyl (C=O) groups is 1. The Hall–Kier alpha value is -2.07. The van der Waals surface area contributed by atoms with Crippen molar-refractivity contribution < 1.29 is 9.53 Å². The van der Waals surface area contributed by atoms with E-state index in [2.05, 4.69) is 18.6 Å². The molecule has 0 aromatic carbocycles. The zero-order valence-corrected chi connectivity index (χ0v) is 12.7. The third-order valence-corrected chi connectivity index (χ3v) is 2.38. The fraction of sp³-hybridized carbons (Fsp3) is 0.615. The summed E-state index contributed by atoms with van der Waals surface area (Å²) in [4.78, 5) is 11.0. The topological polar surface area (TPSA) is 120 Å². The van der Waals surface area contributed by atoms with Crippen molar-refractivity contribution in [3.63, 3.8) is 0 Å². The molecule has 1 unspecified atom stereocenters. The summed E-state index contributed by atoms with van der Waals surface area (Å²) in [6, 6.07) is 0.0883. The molecule has 0 bridgehead atoms. The van der Waals surface area contributed by atoms with E-state index in [0.29, 0.717) is 6.61 Å². The fourth-order valence-electron chi connectivity index (χ4n) is 1.60. The van der Waals surface area contributed by atoms with E-state index in [1.807, 2.05) is 13.8 Å². The Morgan fingerprint density at radius 1 is 1.55 bits per heavy atom. The highest BCUT2D eigenvalue weighted by Gasteiger charge is 2.16. The van der Waals surface area contributed by atoms with Crippen LogP contribution in [0.3, 0.4) is 0 Å². The second-order valence-corrected chi connectivity index (χ2v) is 3.67. The molecule has 4 N–H and O–H groups in total. The summed E-state index contributed by atoms with van der Waals surface area (Å²) < 4.78 is 6.76. The highest BCUT2D eigenvalue weighted by atomic mass is 16.5. The van der Waals surface area contributed by atoms with Crippen molar-refractivity contribution >= 4 is 11.7 Å². The van der Waals surface area contributed by atoms with Gasteiger partial charge in [0.2, 0.25) is 0 Å². The summed E-state index contributed by atoms with van der Waals surface area (Å²) in [7, 11) is 1.63. The molecule has 1 atom stereocenters. The number of hydrogen-bond donors (Lipinski definition) is 2. The normalized spacial score (nSPS) is 10.5. The number of ether oxygens (including phenoxy) is 1. The molecule has 1 heterocycles. The van der Waals surface area contributed by atoms with Gasteiger partial charge in [-0.3, -0.25) is 9.48 Å². The van der Waals surface area contributed by atoms with Crippen molar-refractivity contribution in [2.24, 2.45) is 5.73 Å². The van der Waals surface area contributed by atoms with Crippen LogP contribution in [0.5, 0.6) is 0 Å². The number of rotatable bonds is 6. The lowest BCUT2D eigenvalue weighted by molar-refractivity contribution is 0.100. The molecule has 1 amide bonds. The van der Waals surface area contributed by atoms with Gasteiger partial charge in [0.25, 0.3) is 5.91 Å². The first kappa shape index (κ1) is 20.3. The van der Waals surface area contributed by atoms with E-state index in [1.54, 1.807) is 18.0 Å². The number of hydrogen-bond acceptors (Lipinski definition) is 5. The van der Waals surface area contributed by atoms with E-state index in [-0.39, 0.29) is 17.4 Å². The van der Waals surface area contributed by atoms with Crippen LogP contribution in [0.1, 0.15) is 50.0 Å². The average molecular weight is 283 g/mol. The number of anilines is 1. The van der Waals surface area contributed by atoms with Gasteiger partial charge in [-0.05, 0) is 6.42 Å². The summed E-state index contributed by atoms with van der Waals surface area (Å²) in [5, 5.41) is 10.6. The van der Waals surface area contributed by atoms with Crippen LogP contribution in [0.4, 0.5) is 5.82 Å². The molecule has 0 saturated carbocycles. The Labute approximate surface area is 120 Å². The number of nitriles is 1. The molecule has 1 rings (SSSR count). The largest absolute Gasteiger partial charge is 0.382 e. The number of amides is 1. The number of aromatic nitrogens is 2. The highest BCUT2D eigenvalue weighted by molar-refractivity contribution is 5.96. The summed E-state index contributed by atoms with van der Waals surface area (Å²) in [5.74, 6) is -0.388. The molecule has 0 aliphatic carbocycles. The van der Waals surface area contributed by atoms with Crippen LogP contribution in [0.2, 0.25) is 0 Å². The number of methoxy groups -OCH3 is 1. The van der Waals surface area contributed by atoms with E-state index >= 15 is 0 Å². The molecule has 1 aromatic rings. The van der Waals surface area contributed by atoms with Gasteiger partial charge in [-0.1, -0.05) is 27.2 Å². The molecule has 0 spiro atoms. The van der Waals surface area contributed by atoms with Gasteiger partial charge < -0.3 is 16.2 Å². The van der Waals surface area contributed by atoms with Crippen molar-refractivity contribution in [3.05, 3.63) is 11.8 Å². The molecule has 1 aromatic heterocycles. The highest BCUT2D eigenvalue weighted by Crippen LogP contribution is 2.17.